The van der Waals surface area contributed by atoms with E-state index < -0.39 is 5.60 Å². The SMILES string of the molecule is CCCCC[C@H](CC(=O)OC(C)(C)C)C(=O)N1CC[C@H](NC(=O)c2ccccc2)C1. The fourth-order valence-electron chi connectivity index (χ4n) is 3.73. The second-order valence-corrected chi connectivity index (χ2v) is 9.09. The van der Waals surface area contributed by atoms with E-state index in [1.807, 2.05) is 39.0 Å². The van der Waals surface area contributed by atoms with Crippen LogP contribution in [0.15, 0.2) is 30.3 Å². The van der Waals surface area contributed by atoms with Crippen molar-refractivity contribution in [3.63, 3.8) is 0 Å². The molecule has 0 aromatic heterocycles. The molecule has 1 N–H and O–H groups in total. The number of hydrogen-bond donors (Lipinski definition) is 1. The third-order valence-electron chi connectivity index (χ3n) is 5.21. The van der Waals surface area contributed by atoms with Crippen molar-refractivity contribution in [2.45, 2.75) is 77.9 Å². The maximum absolute atomic E-state index is 13.1. The average Bonchev–Trinajstić information content (AvgIpc) is 3.14. The number of rotatable bonds is 9. The molecule has 1 saturated heterocycles. The Morgan fingerprint density at radius 3 is 2.50 bits per heavy atom. The first-order valence-electron chi connectivity index (χ1n) is 11.1. The zero-order valence-electron chi connectivity index (χ0n) is 18.8. The van der Waals surface area contributed by atoms with Crippen LogP contribution in [-0.2, 0) is 14.3 Å². The molecule has 0 unspecified atom stereocenters. The minimum atomic E-state index is -0.561. The van der Waals surface area contributed by atoms with E-state index in [2.05, 4.69) is 12.2 Å². The van der Waals surface area contributed by atoms with Crippen LogP contribution in [0.3, 0.4) is 0 Å². The van der Waals surface area contributed by atoms with Crippen LogP contribution < -0.4 is 5.32 Å². The number of ether oxygens (including phenoxy) is 1. The van der Waals surface area contributed by atoms with Gasteiger partial charge in [-0.3, -0.25) is 14.4 Å². The Bertz CT molecular complexity index is 712. The second kappa shape index (κ2) is 11.1. The highest BCUT2D eigenvalue weighted by molar-refractivity contribution is 5.94. The zero-order chi connectivity index (χ0) is 22.1. The summed E-state index contributed by atoms with van der Waals surface area (Å²) in [7, 11) is 0. The third kappa shape index (κ3) is 7.81. The van der Waals surface area contributed by atoms with Crippen LogP contribution in [-0.4, -0.2) is 47.4 Å². The minimum absolute atomic E-state index is 0.00609. The van der Waals surface area contributed by atoms with Gasteiger partial charge in [0, 0.05) is 30.6 Å². The lowest BCUT2D eigenvalue weighted by Crippen LogP contribution is -2.41. The van der Waals surface area contributed by atoms with E-state index >= 15 is 0 Å². The molecule has 0 bridgehead atoms. The quantitative estimate of drug-likeness (QED) is 0.489. The maximum Gasteiger partial charge on any atom is 0.307 e. The average molecular weight is 417 g/mol. The van der Waals surface area contributed by atoms with Crippen molar-refractivity contribution >= 4 is 17.8 Å². The number of nitrogens with zero attached hydrogens (tertiary/aromatic N) is 1. The summed E-state index contributed by atoms with van der Waals surface area (Å²) in [4.78, 5) is 39.7. The van der Waals surface area contributed by atoms with Crippen molar-refractivity contribution in [1.82, 2.24) is 10.2 Å². The number of likely N-dealkylation sites (tertiary alicyclic amines) is 1. The normalized spacial score (nSPS) is 17.5. The lowest BCUT2D eigenvalue weighted by Gasteiger charge is -2.25. The largest absolute Gasteiger partial charge is 0.460 e. The Labute approximate surface area is 180 Å². The third-order valence-corrected chi connectivity index (χ3v) is 5.21. The molecule has 1 heterocycles. The smallest absolute Gasteiger partial charge is 0.307 e. The first kappa shape index (κ1) is 23.9. The lowest BCUT2D eigenvalue weighted by atomic mass is 9.96. The van der Waals surface area contributed by atoms with Crippen LogP contribution >= 0.6 is 0 Å². The molecule has 1 aromatic carbocycles. The van der Waals surface area contributed by atoms with Crippen LogP contribution in [0.5, 0.6) is 0 Å². The number of hydrogen-bond acceptors (Lipinski definition) is 4. The molecule has 0 spiro atoms. The molecule has 0 aliphatic carbocycles. The molecule has 0 radical (unpaired) electrons. The van der Waals surface area contributed by atoms with Crippen LogP contribution in [0, 0.1) is 5.92 Å². The first-order valence-corrected chi connectivity index (χ1v) is 11.1. The van der Waals surface area contributed by atoms with Crippen LogP contribution in [0.2, 0.25) is 0 Å². The van der Waals surface area contributed by atoms with Crippen LogP contribution in [0.4, 0.5) is 0 Å². The highest BCUT2D eigenvalue weighted by Crippen LogP contribution is 2.22. The van der Waals surface area contributed by atoms with Gasteiger partial charge in [0.15, 0.2) is 0 Å². The Balaban J connectivity index is 1.94. The molecule has 1 fully saturated rings. The Hall–Kier alpha value is -2.37. The summed E-state index contributed by atoms with van der Waals surface area (Å²) in [5.74, 6) is -0.822. The molecule has 2 amide bonds. The monoisotopic (exact) mass is 416 g/mol. The maximum atomic E-state index is 13.1. The number of nitrogens with one attached hydrogen (secondary N) is 1. The van der Waals surface area contributed by atoms with Crippen LogP contribution in [0.1, 0.15) is 76.6 Å². The fourth-order valence-corrected chi connectivity index (χ4v) is 3.73. The molecule has 0 saturated carbocycles. The zero-order valence-corrected chi connectivity index (χ0v) is 18.8. The Kier molecular flexibility index (Phi) is 8.88. The van der Waals surface area contributed by atoms with Crippen molar-refractivity contribution in [1.29, 1.82) is 0 Å². The van der Waals surface area contributed by atoms with Gasteiger partial charge in [0.1, 0.15) is 5.60 Å². The number of benzene rings is 1. The second-order valence-electron chi connectivity index (χ2n) is 9.09. The van der Waals surface area contributed by atoms with Gasteiger partial charge >= 0.3 is 5.97 Å². The van der Waals surface area contributed by atoms with Gasteiger partial charge in [-0.1, -0.05) is 44.4 Å². The summed E-state index contributed by atoms with van der Waals surface area (Å²) in [5.41, 5.74) is 0.0545. The van der Waals surface area contributed by atoms with Gasteiger partial charge in [-0.15, -0.1) is 0 Å². The van der Waals surface area contributed by atoms with Crippen molar-refractivity contribution in [3.8, 4) is 0 Å². The van der Waals surface area contributed by atoms with Gasteiger partial charge in [-0.2, -0.15) is 0 Å². The molecule has 1 aromatic rings. The molecule has 6 heteroatoms. The molecule has 1 aliphatic heterocycles. The molecule has 2 atom stereocenters. The van der Waals surface area contributed by atoms with Gasteiger partial charge in [0.25, 0.3) is 5.91 Å². The summed E-state index contributed by atoms with van der Waals surface area (Å²) in [6.07, 6.45) is 4.52. The van der Waals surface area contributed by atoms with E-state index in [0.29, 0.717) is 25.1 Å². The lowest BCUT2D eigenvalue weighted by molar-refractivity contribution is -0.158. The number of esters is 1. The topological polar surface area (TPSA) is 75.7 Å². The Morgan fingerprint density at radius 1 is 1.17 bits per heavy atom. The predicted molar refractivity (Wildman–Crippen MR) is 117 cm³/mol. The number of carbonyl (C=O) groups excluding carboxylic acids is 3. The van der Waals surface area contributed by atoms with E-state index in [4.69, 9.17) is 4.74 Å². The summed E-state index contributed by atoms with van der Waals surface area (Å²) >= 11 is 0. The van der Waals surface area contributed by atoms with Crippen molar-refractivity contribution in [2.75, 3.05) is 13.1 Å². The van der Waals surface area contributed by atoms with Gasteiger partial charge in [-0.25, -0.2) is 0 Å². The van der Waals surface area contributed by atoms with Crippen molar-refractivity contribution in [2.24, 2.45) is 5.92 Å². The van der Waals surface area contributed by atoms with Gasteiger partial charge in [0.2, 0.25) is 5.91 Å². The van der Waals surface area contributed by atoms with E-state index in [0.717, 1.165) is 25.7 Å². The minimum Gasteiger partial charge on any atom is -0.460 e. The Morgan fingerprint density at radius 2 is 1.87 bits per heavy atom. The van der Waals surface area contributed by atoms with E-state index in [1.165, 1.54) is 0 Å². The van der Waals surface area contributed by atoms with Gasteiger partial charge < -0.3 is 15.0 Å². The van der Waals surface area contributed by atoms with Crippen LogP contribution in [0.25, 0.3) is 0 Å². The van der Waals surface area contributed by atoms with Gasteiger partial charge in [-0.05, 0) is 45.7 Å². The van der Waals surface area contributed by atoms with E-state index in [9.17, 15) is 14.4 Å². The highest BCUT2D eigenvalue weighted by Gasteiger charge is 2.33. The predicted octanol–water partition coefficient (Wildman–Crippen LogP) is 3.95. The highest BCUT2D eigenvalue weighted by atomic mass is 16.6. The number of carbonyl (C=O) groups is 3. The summed E-state index contributed by atoms with van der Waals surface area (Å²) in [6, 6.07) is 9.01. The van der Waals surface area contributed by atoms with E-state index in [-0.39, 0.29) is 36.2 Å². The standard InChI is InChI=1S/C24H36N2O4/c1-5-6-8-13-19(16-21(27)30-24(2,3)4)23(29)26-15-14-20(17-26)25-22(28)18-11-9-7-10-12-18/h7,9-12,19-20H,5-6,8,13-17H2,1-4H3,(H,25,28)/t19-,20+/m1/s1. The van der Waals surface area contributed by atoms with Crippen molar-refractivity contribution in [3.05, 3.63) is 35.9 Å². The molecule has 1 aliphatic rings. The fraction of sp³-hybridized carbons (Fsp3) is 0.625. The molecule has 30 heavy (non-hydrogen) atoms. The molecule has 166 valence electrons. The van der Waals surface area contributed by atoms with Gasteiger partial charge in [0.05, 0.1) is 6.42 Å². The van der Waals surface area contributed by atoms with Crippen molar-refractivity contribution < 1.29 is 19.1 Å². The molecule has 6 nitrogen and oxygen atoms in total. The summed E-state index contributed by atoms with van der Waals surface area (Å²) in [6.45, 7) is 8.69. The summed E-state index contributed by atoms with van der Waals surface area (Å²) in [5, 5.41) is 3.02. The molecular formula is C24H36N2O4. The summed E-state index contributed by atoms with van der Waals surface area (Å²) < 4.78 is 5.44. The number of amides is 2. The van der Waals surface area contributed by atoms with E-state index in [1.54, 1.807) is 17.0 Å². The molecule has 2 rings (SSSR count). The first-order chi connectivity index (χ1) is 14.2. The molecular weight excluding hydrogens is 380 g/mol. The number of unbranched alkanes of at least 4 members (excludes halogenated alkanes) is 2.